The van der Waals surface area contributed by atoms with E-state index in [1.165, 1.54) is 11.1 Å². The molecule has 0 saturated carbocycles. The molecule has 0 spiro atoms. The number of benzene rings is 2. The largest absolute Gasteiger partial charge is 0.369 e. The van der Waals surface area contributed by atoms with Crippen molar-refractivity contribution in [2.75, 3.05) is 0 Å². The van der Waals surface area contributed by atoms with Crippen LogP contribution in [-0.2, 0) is 0 Å². The second-order valence-corrected chi connectivity index (χ2v) is 4.88. The Morgan fingerprint density at radius 3 is 2.22 bits per heavy atom. The van der Waals surface area contributed by atoms with Gasteiger partial charge in [0, 0.05) is 11.6 Å². The van der Waals surface area contributed by atoms with Gasteiger partial charge in [0.15, 0.2) is 0 Å². The third-order valence-electron chi connectivity index (χ3n) is 2.96. The van der Waals surface area contributed by atoms with Crippen LogP contribution in [0.2, 0.25) is 0 Å². The monoisotopic (exact) mass is 255 g/mol. The van der Waals surface area contributed by atoms with Gasteiger partial charge in [0.2, 0.25) is 0 Å². The molecule has 0 amide bonds. The molecule has 18 heavy (non-hydrogen) atoms. The number of aryl methyl sites for hydroxylation is 1. The van der Waals surface area contributed by atoms with Gasteiger partial charge in [-0.05, 0) is 19.4 Å². The summed E-state index contributed by atoms with van der Waals surface area (Å²) in [6, 6.07) is 18.8. The van der Waals surface area contributed by atoms with Crippen LogP contribution >= 0.6 is 12.2 Å². The highest BCUT2D eigenvalue weighted by atomic mass is 32.1. The molecule has 2 aromatic carbocycles. The topological polar surface area (TPSA) is 12.0 Å². The van der Waals surface area contributed by atoms with Gasteiger partial charge in [0.1, 0.15) is 4.99 Å². The van der Waals surface area contributed by atoms with Crippen LogP contribution < -0.4 is 5.32 Å². The van der Waals surface area contributed by atoms with Crippen LogP contribution in [0.4, 0.5) is 0 Å². The van der Waals surface area contributed by atoms with Gasteiger partial charge >= 0.3 is 0 Å². The molecule has 1 unspecified atom stereocenters. The first kappa shape index (κ1) is 12.8. The van der Waals surface area contributed by atoms with Gasteiger partial charge in [-0.25, -0.2) is 0 Å². The van der Waals surface area contributed by atoms with Crippen LogP contribution in [0, 0.1) is 6.92 Å². The summed E-state index contributed by atoms with van der Waals surface area (Å²) in [6.07, 6.45) is 0. The van der Waals surface area contributed by atoms with E-state index >= 15 is 0 Å². The zero-order chi connectivity index (χ0) is 13.0. The molecule has 0 fully saturated rings. The third-order valence-corrected chi connectivity index (χ3v) is 3.31. The third kappa shape index (κ3) is 3.17. The maximum absolute atomic E-state index is 5.43. The summed E-state index contributed by atoms with van der Waals surface area (Å²) in [7, 11) is 0. The van der Waals surface area contributed by atoms with Crippen molar-refractivity contribution in [3.05, 3.63) is 71.3 Å². The summed E-state index contributed by atoms with van der Waals surface area (Å²) >= 11 is 5.43. The zero-order valence-corrected chi connectivity index (χ0v) is 11.5. The molecule has 1 N–H and O–H groups in total. The molecule has 2 rings (SSSR count). The second-order valence-electron chi connectivity index (χ2n) is 4.47. The van der Waals surface area contributed by atoms with Crippen LogP contribution in [-0.4, -0.2) is 4.99 Å². The van der Waals surface area contributed by atoms with Crippen molar-refractivity contribution >= 4 is 17.2 Å². The quantitative estimate of drug-likeness (QED) is 0.831. The molecule has 0 saturated heterocycles. The maximum atomic E-state index is 5.43. The predicted molar refractivity (Wildman–Crippen MR) is 80.9 cm³/mol. The Morgan fingerprint density at radius 2 is 1.61 bits per heavy atom. The van der Waals surface area contributed by atoms with Crippen molar-refractivity contribution in [2.24, 2.45) is 0 Å². The fourth-order valence-electron chi connectivity index (χ4n) is 1.81. The first-order valence-electron chi connectivity index (χ1n) is 6.09. The van der Waals surface area contributed by atoms with Crippen molar-refractivity contribution in [1.29, 1.82) is 0 Å². The van der Waals surface area contributed by atoms with Gasteiger partial charge in [-0.1, -0.05) is 72.4 Å². The van der Waals surface area contributed by atoms with Gasteiger partial charge < -0.3 is 5.32 Å². The van der Waals surface area contributed by atoms with Crippen LogP contribution in [0.5, 0.6) is 0 Å². The molecule has 0 aliphatic rings. The Labute approximate surface area is 114 Å². The van der Waals surface area contributed by atoms with E-state index in [0.29, 0.717) is 0 Å². The standard InChI is InChI=1S/C16H17NS/c1-12-8-10-15(11-9-12)16(18)17-13(2)14-6-4-3-5-7-14/h3-11,13H,1-2H3,(H,17,18). The fraction of sp³-hybridized carbons (Fsp3) is 0.188. The molecule has 0 aromatic heterocycles. The molecule has 0 heterocycles. The molecule has 2 aromatic rings. The molecule has 92 valence electrons. The number of rotatable bonds is 3. The lowest BCUT2D eigenvalue weighted by Gasteiger charge is -2.16. The Kier molecular flexibility index (Phi) is 4.11. The van der Waals surface area contributed by atoms with Gasteiger partial charge in [0.05, 0.1) is 0 Å². The number of thiocarbonyl (C=S) groups is 1. The first-order valence-corrected chi connectivity index (χ1v) is 6.50. The van der Waals surface area contributed by atoms with Crippen molar-refractivity contribution in [3.8, 4) is 0 Å². The van der Waals surface area contributed by atoms with E-state index < -0.39 is 0 Å². The molecule has 0 aliphatic carbocycles. The summed E-state index contributed by atoms with van der Waals surface area (Å²) in [5.74, 6) is 0. The van der Waals surface area contributed by atoms with E-state index in [1.807, 2.05) is 18.2 Å². The SMILES string of the molecule is Cc1ccc(C(=S)NC(C)c2ccccc2)cc1. The number of hydrogen-bond acceptors (Lipinski definition) is 1. The Balaban J connectivity index is 2.06. The molecular weight excluding hydrogens is 238 g/mol. The molecule has 0 aliphatic heterocycles. The Morgan fingerprint density at radius 1 is 1.00 bits per heavy atom. The summed E-state index contributed by atoms with van der Waals surface area (Å²) in [4.78, 5) is 0.798. The van der Waals surface area contributed by atoms with Crippen molar-refractivity contribution < 1.29 is 0 Å². The highest BCUT2D eigenvalue weighted by Gasteiger charge is 2.07. The Hall–Kier alpha value is -1.67. The van der Waals surface area contributed by atoms with E-state index in [0.717, 1.165) is 10.6 Å². The summed E-state index contributed by atoms with van der Waals surface area (Å²) < 4.78 is 0. The van der Waals surface area contributed by atoms with Crippen LogP contribution in [0.3, 0.4) is 0 Å². The molecular formula is C16H17NS. The van der Waals surface area contributed by atoms with Crippen molar-refractivity contribution in [1.82, 2.24) is 5.32 Å². The highest BCUT2D eigenvalue weighted by Crippen LogP contribution is 2.13. The molecule has 0 radical (unpaired) electrons. The highest BCUT2D eigenvalue weighted by molar-refractivity contribution is 7.80. The fourth-order valence-corrected chi connectivity index (χ4v) is 2.12. The minimum absolute atomic E-state index is 0.222. The van der Waals surface area contributed by atoms with Crippen LogP contribution in [0.25, 0.3) is 0 Å². The molecule has 0 bridgehead atoms. The Bertz CT molecular complexity index is 517. The molecule has 1 atom stereocenters. The van der Waals surface area contributed by atoms with E-state index in [1.54, 1.807) is 0 Å². The lowest BCUT2D eigenvalue weighted by molar-refractivity contribution is 0.724. The molecule has 2 heteroatoms. The summed E-state index contributed by atoms with van der Waals surface area (Å²) in [5.41, 5.74) is 3.56. The maximum Gasteiger partial charge on any atom is 0.107 e. The van der Waals surface area contributed by atoms with Gasteiger partial charge in [0.25, 0.3) is 0 Å². The van der Waals surface area contributed by atoms with Gasteiger partial charge in [-0.15, -0.1) is 0 Å². The van der Waals surface area contributed by atoms with E-state index in [9.17, 15) is 0 Å². The summed E-state index contributed by atoms with van der Waals surface area (Å²) in [6.45, 7) is 4.20. The smallest absolute Gasteiger partial charge is 0.107 e. The zero-order valence-electron chi connectivity index (χ0n) is 10.7. The van der Waals surface area contributed by atoms with Crippen molar-refractivity contribution in [3.63, 3.8) is 0 Å². The molecule has 1 nitrogen and oxygen atoms in total. The van der Waals surface area contributed by atoms with Crippen LogP contribution in [0.1, 0.15) is 29.7 Å². The minimum Gasteiger partial charge on any atom is -0.369 e. The minimum atomic E-state index is 0.222. The average molecular weight is 255 g/mol. The van der Waals surface area contributed by atoms with E-state index in [-0.39, 0.29) is 6.04 Å². The second kappa shape index (κ2) is 5.78. The van der Waals surface area contributed by atoms with E-state index in [4.69, 9.17) is 12.2 Å². The average Bonchev–Trinajstić information content (AvgIpc) is 2.40. The van der Waals surface area contributed by atoms with Gasteiger partial charge in [-0.2, -0.15) is 0 Å². The van der Waals surface area contributed by atoms with E-state index in [2.05, 4.69) is 55.6 Å². The van der Waals surface area contributed by atoms with Gasteiger partial charge in [-0.3, -0.25) is 0 Å². The van der Waals surface area contributed by atoms with Crippen LogP contribution in [0.15, 0.2) is 54.6 Å². The lowest BCUT2D eigenvalue weighted by Crippen LogP contribution is -2.25. The number of hydrogen-bond donors (Lipinski definition) is 1. The normalized spacial score (nSPS) is 11.9. The lowest BCUT2D eigenvalue weighted by atomic mass is 10.1. The predicted octanol–water partition coefficient (Wildman–Crippen LogP) is 4.02. The number of nitrogens with one attached hydrogen (secondary N) is 1. The van der Waals surface area contributed by atoms with Crippen molar-refractivity contribution in [2.45, 2.75) is 19.9 Å². The first-order chi connectivity index (χ1) is 8.66. The summed E-state index contributed by atoms with van der Waals surface area (Å²) in [5, 5.41) is 3.36.